The Bertz CT molecular complexity index is 128. The zero-order valence-electron chi connectivity index (χ0n) is 9.31. The zero-order valence-corrected chi connectivity index (χ0v) is 9.31. The Morgan fingerprint density at radius 1 is 0.733 bits per heavy atom. The molecule has 0 heterocycles. The van der Waals surface area contributed by atoms with Gasteiger partial charge in [0.1, 0.15) is 0 Å². The summed E-state index contributed by atoms with van der Waals surface area (Å²) in [6.45, 7) is 0.405. The Kier molecular flexibility index (Phi) is 10.3. The van der Waals surface area contributed by atoms with Crippen LogP contribution in [-0.2, 0) is 0 Å². The van der Waals surface area contributed by atoms with Crippen LogP contribution in [-0.4, -0.2) is 39.9 Å². The minimum atomic E-state index is -1.20. The molecule has 0 radical (unpaired) electrons. The van der Waals surface area contributed by atoms with Crippen LogP contribution in [0.5, 0.6) is 0 Å². The molecular formula is C11H24O4. The van der Waals surface area contributed by atoms with Gasteiger partial charge < -0.3 is 20.4 Å². The molecule has 0 rings (SSSR count). The lowest BCUT2D eigenvalue weighted by molar-refractivity contribution is -0.0468. The molecule has 4 nitrogen and oxygen atoms in total. The van der Waals surface area contributed by atoms with Crippen molar-refractivity contribution in [2.24, 2.45) is 5.92 Å². The first-order valence-electron chi connectivity index (χ1n) is 5.78. The van der Waals surface area contributed by atoms with Crippen LogP contribution in [0.2, 0.25) is 0 Å². The Morgan fingerprint density at radius 3 is 1.73 bits per heavy atom. The fourth-order valence-corrected chi connectivity index (χ4v) is 1.63. The lowest BCUT2D eigenvalue weighted by Gasteiger charge is -2.13. The average Bonchev–Trinajstić information content (AvgIpc) is 2.21. The standard InChI is InChI=1S/C11H24O4/c12-8-4-3-6-10(9-13)5-1-2-7-11(14)15/h10-15H,1-9H2. The Hall–Kier alpha value is -0.160. The van der Waals surface area contributed by atoms with Gasteiger partial charge in [-0.3, -0.25) is 0 Å². The summed E-state index contributed by atoms with van der Waals surface area (Å²) in [6, 6.07) is 0. The van der Waals surface area contributed by atoms with E-state index in [0.29, 0.717) is 12.3 Å². The van der Waals surface area contributed by atoms with Crippen molar-refractivity contribution in [2.45, 2.75) is 51.2 Å². The fourth-order valence-electron chi connectivity index (χ4n) is 1.63. The third-order valence-corrected chi connectivity index (χ3v) is 2.60. The predicted molar refractivity (Wildman–Crippen MR) is 58.2 cm³/mol. The van der Waals surface area contributed by atoms with E-state index in [9.17, 15) is 0 Å². The summed E-state index contributed by atoms with van der Waals surface area (Å²) in [4.78, 5) is 0. The van der Waals surface area contributed by atoms with Crippen molar-refractivity contribution in [3.8, 4) is 0 Å². The molecule has 0 aromatic rings. The maximum atomic E-state index is 9.07. The van der Waals surface area contributed by atoms with Gasteiger partial charge in [-0.05, 0) is 38.0 Å². The minimum absolute atomic E-state index is 0.188. The molecule has 0 aromatic heterocycles. The van der Waals surface area contributed by atoms with E-state index in [1.165, 1.54) is 0 Å². The molecular weight excluding hydrogens is 196 g/mol. The van der Waals surface area contributed by atoms with Gasteiger partial charge in [-0.15, -0.1) is 0 Å². The zero-order chi connectivity index (χ0) is 11.5. The largest absolute Gasteiger partial charge is 0.396 e. The van der Waals surface area contributed by atoms with Crippen LogP contribution in [0.4, 0.5) is 0 Å². The highest BCUT2D eigenvalue weighted by molar-refractivity contribution is 4.59. The monoisotopic (exact) mass is 220 g/mol. The molecule has 1 atom stereocenters. The summed E-state index contributed by atoms with van der Waals surface area (Å²) in [5, 5.41) is 34.9. The normalized spacial score (nSPS) is 13.4. The van der Waals surface area contributed by atoms with Gasteiger partial charge in [-0.25, -0.2) is 0 Å². The predicted octanol–water partition coefficient (Wildman–Crippen LogP) is 0.629. The van der Waals surface area contributed by atoms with Gasteiger partial charge in [0.25, 0.3) is 0 Å². The van der Waals surface area contributed by atoms with Crippen LogP contribution in [0.25, 0.3) is 0 Å². The number of unbranched alkanes of at least 4 members (excludes halogenated alkanes) is 2. The summed E-state index contributed by atoms with van der Waals surface area (Å²) < 4.78 is 0. The van der Waals surface area contributed by atoms with Gasteiger partial charge in [-0.1, -0.05) is 12.8 Å². The van der Waals surface area contributed by atoms with E-state index in [1.54, 1.807) is 0 Å². The summed E-state index contributed by atoms with van der Waals surface area (Å²) in [5.41, 5.74) is 0. The van der Waals surface area contributed by atoms with E-state index in [1.807, 2.05) is 0 Å². The van der Waals surface area contributed by atoms with E-state index < -0.39 is 6.29 Å². The van der Waals surface area contributed by atoms with E-state index >= 15 is 0 Å². The summed E-state index contributed by atoms with van der Waals surface area (Å²) >= 11 is 0. The number of aliphatic hydroxyl groups excluding tert-OH is 3. The van der Waals surface area contributed by atoms with Gasteiger partial charge in [0, 0.05) is 13.2 Å². The van der Waals surface area contributed by atoms with Gasteiger partial charge in [0.05, 0.1) is 0 Å². The summed E-state index contributed by atoms with van der Waals surface area (Å²) in [6.07, 6.45) is 4.53. The molecule has 4 heteroatoms. The molecule has 0 saturated heterocycles. The Morgan fingerprint density at radius 2 is 1.27 bits per heavy atom. The molecule has 15 heavy (non-hydrogen) atoms. The molecule has 0 aliphatic heterocycles. The molecule has 0 amide bonds. The van der Waals surface area contributed by atoms with Crippen molar-refractivity contribution >= 4 is 0 Å². The topological polar surface area (TPSA) is 80.9 Å². The van der Waals surface area contributed by atoms with Crippen LogP contribution in [0.1, 0.15) is 44.9 Å². The maximum absolute atomic E-state index is 9.07. The molecule has 0 aromatic carbocycles. The van der Waals surface area contributed by atoms with E-state index in [0.717, 1.165) is 38.5 Å². The molecule has 1 unspecified atom stereocenters. The number of hydrogen-bond donors (Lipinski definition) is 4. The highest BCUT2D eigenvalue weighted by atomic mass is 16.5. The van der Waals surface area contributed by atoms with Crippen molar-refractivity contribution in [2.75, 3.05) is 13.2 Å². The highest BCUT2D eigenvalue weighted by Crippen LogP contribution is 2.16. The fraction of sp³-hybridized carbons (Fsp3) is 1.00. The summed E-state index contributed by atoms with van der Waals surface area (Å²) in [7, 11) is 0. The molecule has 0 fully saturated rings. The minimum Gasteiger partial charge on any atom is -0.396 e. The molecule has 0 aliphatic carbocycles. The maximum Gasteiger partial charge on any atom is 0.151 e. The Balaban J connectivity index is 3.35. The smallest absolute Gasteiger partial charge is 0.151 e. The quantitative estimate of drug-likeness (QED) is 0.321. The Labute approximate surface area is 91.6 Å². The third-order valence-electron chi connectivity index (χ3n) is 2.60. The number of rotatable bonds is 10. The second-order valence-corrected chi connectivity index (χ2v) is 4.03. The van der Waals surface area contributed by atoms with E-state index in [4.69, 9.17) is 20.4 Å². The molecule has 4 N–H and O–H groups in total. The first kappa shape index (κ1) is 14.8. The van der Waals surface area contributed by atoms with Crippen molar-refractivity contribution in [1.29, 1.82) is 0 Å². The van der Waals surface area contributed by atoms with Crippen LogP contribution in [0.15, 0.2) is 0 Å². The van der Waals surface area contributed by atoms with Crippen LogP contribution in [0.3, 0.4) is 0 Å². The number of aliphatic hydroxyl groups is 4. The van der Waals surface area contributed by atoms with Gasteiger partial charge in [-0.2, -0.15) is 0 Å². The lowest BCUT2D eigenvalue weighted by atomic mass is 9.96. The van der Waals surface area contributed by atoms with Crippen LogP contribution < -0.4 is 0 Å². The highest BCUT2D eigenvalue weighted by Gasteiger charge is 2.07. The van der Waals surface area contributed by atoms with Gasteiger partial charge in [0.2, 0.25) is 0 Å². The van der Waals surface area contributed by atoms with E-state index in [2.05, 4.69) is 0 Å². The third kappa shape index (κ3) is 10.1. The lowest BCUT2D eigenvalue weighted by Crippen LogP contribution is -2.08. The van der Waals surface area contributed by atoms with Crippen LogP contribution in [0, 0.1) is 5.92 Å². The number of hydrogen-bond acceptors (Lipinski definition) is 4. The molecule has 0 aliphatic rings. The molecule has 92 valence electrons. The second kappa shape index (κ2) is 10.4. The van der Waals surface area contributed by atoms with Gasteiger partial charge in [0.15, 0.2) is 6.29 Å². The average molecular weight is 220 g/mol. The molecule has 0 spiro atoms. The van der Waals surface area contributed by atoms with E-state index in [-0.39, 0.29) is 13.2 Å². The van der Waals surface area contributed by atoms with Crippen molar-refractivity contribution in [3.05, 3.63) is 0 Å². The first-order chi connectivity index (χ1) is 7.20. The van der Waals surface area contributed by atoms with Gasteiger partial charge >= 0.3 is 0 Å². The van der Waals surface area contributed by atoms with Crippen molar-refractivity contribution in [3.63, 3.8) is 0 Å². The molecule has 0 bridgehead atoms. The summed E-state index contributed by atoms with van der Waals surface area (Å²) in [5.74, 6) is 0.299. The first-order valence-corrected chi connectivity index (χ1v) is 5.78. The molecule has 0 saturated carbocycles. The SMILES string of the molecule is OCCCCC(CO)CCCCC(O)O. The second-order valence-electron chi connectivity index (χ2n) is 4.03. The van der Waals surface area contributed by atoms with Crippen molar-refractivity contribution < 1.29 is 20.4 Å². The van der Waals surface area contributed by atoms with Crippen molar-refractivity contribution in [1.82, 2.24) is 0 Å². The van der Waals surface area contributed by atoms with Crippen LogP contribution >= 0.6 is 0 Å².